The molecule has 0 fully saturated rings. The molecule has 3 heterocycles. The third-order valence-corrected chi connectivity index (χ3v) is 6.79. The minimum Gasteiger partial charge on any atom is -0.454 e. The van der Waals surface area contributed by atoms with Gasteiger partial charge in [0.2, 0.25) is 27.0 Å². The highest BCUT2D eigenvalue weighted by molar-refractivity contribution is 8.16. The minimum absolute atomic E-state index is 0.0300. The molecule has 0 spiro atoms. The lowest BCUT2D eigenvalue weighted by atomic mass is 10.1. The van der Waals surface area contributed by atoms with Crippen LogP contribution < -0.4 is 9.47 Å². The van der Waals surface area contributed by atoms with Crippen LogP contribution in [0.4, 0.5) is 0 Å². The van der Waals surface area contributed by atoms with Crippen molar-refractivity contribution in [1.82, 2.24) is 4.90 Å². The van der Waals surface area contributed by atoms with Crippen LogP contribution >= 0.6 is 11.9 Å². The predicted octanol–water partition coefficient (Wildman–Crippen LogP) is 2.06. The van der Waals surface area contributed by atoms with Gasteiger partial charge in [0.25, 0.3) is 5.91 Å². The van der Waals surface area contributed by atoms with Crippen molar-refractivity contribution in [1.29, 1.82) is 5.41 Å². The van der Waals surface area contributed by atoms with Gasteiger partial charge in [-0.3, -0.25) is 10.2 Å². The van der Waals surface area contributed by atoms with Crippen LogP contribution in [0.2, 0.25) is 0 Å². The van der Waals surface area contributed by atoms with Gasteiger partial charge in [-0.2, -0.15) is 9.39 Å². The minimum atomic E-state index is -3.73. The summed E-state index contributed by atoms with van der Waals surface area (Å²) >= 11 is 0.780. The standard InChI is InChI=1S/C17H16N4O5S2/c1-9(2)7-28(23,24)17-20-27-16-19-15(22)11(14(18)21(16)17)5-10-3-4-12-13(6-10)26-8-25-12/h3-6,9,18H,7-8H2,1-2H3/b11-5-,18-14?. The van der Waals surface area contributed by atoms with Gasteiger partial charge in [-0.1, -0.05) is 19.9 Å². The first kappa shape index (κ1) is 18.7. The molecule has 11 heteroatoms. The smallest absolute Gasteiger partial charge is 0.283 e. The Kier molecular flexibility index (Phi) is 4.50. The van der Waals surface area contributed by atoms with Gasteiger partial charge in [0.15, 0.2) is 11.5 Å². The van der Waals surface area contributed by atoms with Crippen LogP contribution in [0.5, 0.6) is 11.5 Å². The number of benzene rings is 1. The van der Waals surface area contributed by atoms with E-state index < -0.39 is 15.7 Å². The summed E-state index contributed by atoms with van der Waals surface area (Å²) in [5.74, 6) is 0.00814. The van der Waals surface area contributed by atoms with E-state index in [2.05, 4.69) is 9.39 Å². The average molecular weight is 420 g/mol. The van der Waals surface area contributed by atoms with Gasteiger partial charge < -0.3 is 9.47 Å². The molecule has 1 amide bonds. The summed E-state index contributed by atoms with van der Waals surface area (Å²) in [5.41, 5.74) is 0.573. The number of nitrogens with zero attached hydrogens (tertiary/aromatic N) is 3. The van der Waals surface area contributed by atoms with Crippen molar-refractivity contribution in [3.63, 3.8) is 0 Å². The van der Waals surface area contributed by atoms with E-state index in [0.717, 1.165) is 16.8 Å². The number of carbonyl (C=O) groups excluding carboxylic acids is 1. The van der Waals surface area contributed by atoms with E-state index in [0.29, 0.717) is 17.1 Å². The van der Waals surface area contributed by atoms with Gasteiger partial charge in [-0.15, -0.1) is 0 Å². The first-order valence-electron chi connectivity index (χ1n) is 8.37. The largest absolute Gasteiger partial charge is 0.454 e. The molecule has 0 unspecified atom stereocenters. The number of amidine groups is 3. The second kappa shape index (κ2) is 6.74. The van der Waals surface area contributed by atoms with Crippen molar-refractivity contribution >= 4 is 49.9 Å². The Bertz CT molecular complexity index is 1090. The molecule has 0 aromatic heterocycles. The molecule has 0 saturated heterocycles. The summed E-state index contributed by atoms with van der Waals surface area (Å²) in [6.45, 7) is 3.69. The van der Waals surface area contributed by atoms with Crippen LogP contribution in [-0.2, 0) is 14.6 Å². The Morgan fingerprint density at radius 1 is 1.32 bits per heavy atom. The van der Waals surface area contributed by atoms with Crippen LogP contribution in [0.3, 0.4) is 0 Å². The van der Waals surface area contributed by atoms with E-state index >= 15 is 0 Å². The molecule has 4 rings (SSSR count). The molecule has 0 radical (unpaired) electrons. The molecule has 3 aliphatic heterocycles. The molecule has 1 aromatic rings. The summed E-state index contributed by atoms with van der Waals surface area (Å²) in [5, 5.41) is 8.25. The van der Waals surface area contributed by atoms with E-state index in [9.17, 15) is 13.2 Å². The van der Waals surface area contributed by atoms with Gasteiger partial charge in [0, 0.05) is 0 Å². The maximum absolute atomic E-state index is 12.6. The van der Waals surface area contributed by atoms with Crippen LogP contribution in [0.1, 0.15) is 19.4 Å². The molecule has 0 bridgehead atoms. The van der Waals surface area contributed by atoms with Gasteiger partial charge in [-0.25, -0.2) is 13.3 Å². The maximum Gasteiger partial charge on any atom is 0.283 e. The summed E-state index contributed by atoms with van der Waals surface area (Å²) in [4.78, 5) is 17.5. The zero-order valence-electron chi connectivity index (χ0n) is 15.0. The molecule has 146 valence electrons. The fourth-order valence-electron chi connectivity index (χ4n) is 2.88. The van der Waals surface area contributed by atoms with Crippen molar-refractivity contribution in [3.8, 4) is 11.5 Å². The van der Waals surface area contributed by atoms with Crippen LogP contribution in [0.15, 0.2) is 33.2 Å². The molecular formula is C17H16N4O5S2. The van der Waals surface area contributed by atoms with Gasteiger partial charge >= 0.3 is 0 Å². The normalized spacial score (nSPS) is 20.0. The molecule has 9 nitrogen and oxygen atoms in total. The number of aliphatic imine (C=N–C) groups is 1. The van der Waals surface area contributed by atoms with Gasteiger partial charge in [-0.05, 0) is 29.7 Å². The first-order valence-corrected chi connectivity index (χ1v) is 10.8. The highest BCUT2D eigenvalue weighted by Gasteiger charge is 2.42. The molecule has 0 aliphatic carbocycles. The van der Waals surface area contributed by atoms with Crippen LogP contribution in [0, 0.1) is 11.3 Å². The highest BCUT2D eigenvalue weighted by atomic mass is 32.2. The van der Waals surface area contributed by atoms with E-state index in [1.54, 1.807) is 32.0 Å². The summed E-state index contributed by atoms with van der Waals surface area (Å²) in [6, 6.07) is 5.09. The van der Waals surface area contributed by atoms with Crippen molar-refractivity contribution < 1.29 is 22.7 Å². The SMILES string of the molecule is CC(C)CS(=O)(=O)C1=NSC2=NC(=O)/C(=C\c3ccc4c(c3)OCO4)C(=N)N21. The number of ether oxygens (including phenoxy) is 2. The monoisotopic (exact) mass is 420 g/mol. The lowest BCUT2D eigenvalue weighted by molar-refractivity contribution is -0.114. The lowest BCUT2D eigenvalue weighted by Crippen LogP contribution is -2.46. The number of hydrogen-bond acceptors (Lipinski definition) is 8. The van der Waals surface area contributed by atoms with Crippen molar-refractivity contribution in [2.75, 3.05) is 12.5 Å². The van der Waals surface area contributed by atoms with E-state index in [-0.39, 0.29) is 40.2 Å². The fourth-order valence-corrected chi connectivity index (χ4v) is 5.61. The molecule has 3 aliphatic rings. The molecule has 0 atom stereocenters. The van der Waals surface area contributed by atoms with Crippen molar-refractivity contribution in [2.45, 2.75) is 13.8 Å². The zero-order valence-corrected chi connectivity index (χ0v) is 16.6. The number of carbonyl (C=O) groups is 1. The lowest BCUT2D eigenvalue weighted by Gasteiger charge is -2.24. The Morgan fingerprint density at radius 2 is 2.07 bits per heavy atom. The highest BCUT2D eigenvalue weighted by Crippen LogP contribution is 2.34. The van der Waals surface area contributed by atoms with Crippen LogP contribution in [-0.4, -0.2) is 47.9 Å². The van der Waals surface area contributed by atoms with E-state index in [1.807, 2.05) is 0 Å². The molecule has 0 saturated carbocycles. The number of rotatable bonds is 3. The Labute approximate surface area is 165 Å². The quantitative estimate of drug-likeness (QED) is 0.587. The zero-order chi connectivity index (χ0) is 20.1. The molecular weight excluding hydrogens is 404 g/mol. The van der Waals surface area contributed by atoms with E-state index in [4.69, 9.17) is 14.9 Å². The summed E-state index contributed by atoms with van der Waals surface area (Å²) in [6.07, 6.45) is 1.47. The van der Waals surface area contributed by atoms with Crippen molar-refractivity contribution in [2.24, 2.45) is 15.3 Å². The number of sulfone groups is 1. The Morgan fingerprint density at radius 3 is 2.82 bits per heavy atom. The predicted molar refractivity (Wildman–Crippen MR) is 106 cm³/mol. The number of amides is 1. The fraction of sp³-hybridized carbons (Fsp3) is 0.294. The summed E-state index contributed by atoms with van der Waals surface area (Å²) < 4.78 is 39.8. The topological polar surface area (TPSA) is 121 Å². The Hall–Kier alpha value is -2.66. The number of fused-ring (bicyclic) bond motifs is 2. The average Bonchev–Trinajstić information content (AvgIpc) is 3.23. The molecule has 1 aromatic carbocycles. The number of nitrogens with one attached hydrogen (secondary N) is 1. The Balaban J connectivity index is 1.70. The molecule has 28 heavy (non-hydrogen) atoms. The molecule has 1 N–H and O–H groups in total. The number of hydrogen-bond donors (Lipinski definition) is 1. The van der Waals surface area contributed by atoms with Crippen molar-refractivity contribution in [3.05, 3.63) is 29.3 Å². The maximum atomic E-state index is 12.6. The third kappa shape index (κ3) is 3.20. The van der Waals surface area contributed by atoms with E-state index in [1.165, 1.54) is 6.08 Å². The third-order valence-electron chi connectivity index (χ3n) is 4.03. The second-order valence-corrected chi connectivity index (χ2v) is 9.35. The first-order chi connectivity index (χ1) is 13.3. The van der Waals surface area contributed by atoms with Gasteiger partial charge in [0.05, 0.1) is 23.3 Å². The van der Waals surface area contributed by atoms with Gasteiger partial charge in [0.1, 0.15) is 5.84 Å². The van der Waals surface area contributed by atoms with Crippen LogP contribution in [0.25, 0.3) is 6.08 Å². The second-order valence-electron chi connectivity index (χ2n) is 6.69. The summed E-state index contributed by atoms with van der Waals surface area (Å²) in [7, 11) is -3.73.